The summed E-state index contributed by atoms with van der Waals surface area (Å²) < 4.78 is 27.3. The third-order valence-corrected chi connectivity index (χ3v) is 5.44. The standard InChI is InChI=1S/C13H19ClN2O2S/c14-12-8-9-15-10-13(12)19(17,18)16-11-6-4-2-1-3-5-7-11/h8-11,16H,1-7H2. The summed E-state index contributed by atoms with van der Waals surface area (Å²) in [5.41, 5.74) is 0. The summed E-state index contributed by atoms with van der Waals surface area (Å²) in [4.78, 5) is 3.90. The maximum absolute atomic E-state index is 12.3. The Hall–Kier alpha value is -0.650. The molecule has 1 aliphatic rings. The quantitative estimate of drug-likeness (QED) is 0.933. The lowest BCUT2D eigenvalue weighted by Crippen LogP contribution is -2.35. The van der Waals surface area contributed by atoms with Crippen LogP contribution < -0.4 is 4.72 Å². The lowest BCUT2D eigenvalue weighted by molar-refractivity contribution is 0.426. The molecule has 19 heavy (non-hydrogen) atoms. The Morgan fingerprint density at radius 2 is 1.79 bits per heavy atom. The highest BCUT2D eigenvalue weighted by molar-refractivity contribution is 7.89. The summed E-state index contributed by atoms with van der Waals surface area (Å²) in [5.74, 6) is 0. The zero-order valence-corrected chi connectivity index (χ0v) is 12.4. The molecule has 0 bridgehead atoms. The van der Waals surface area contributed by atoms with Crippen LogP contribution in [0.4, 0.5) is 0 Å². The Morgan fingerprint density at radius 1 is 1.16 bits per heavy atom. The number of rotatable bonds is 3. The number of nitrogens with one attached hydrogen (secondary N) is 1. The highest BCUT2D eigenvalue weighted by Crippen LogP contribution is 2.22. The van der Waals surface area contributed by atoms with Crippen molar-refractivity contribution in [3.8, 4) is 0 Å². The van der Waals surface area contributed by atoms with E-state index in [4.69, 9.17) is 11.6 Å². The Balaban J connectivity index is 2.10. The van der Waals surface area contributed by atoms with Gasteiger partial charge < -0.3 is 0 Å². The number of hydrogen-bond acceptors (Lipinski definition) is 3. The number of hydrogen-bond donors (Lipinski definition) is 1. The molecule has 2 rings (SSSR count). The average Bonchev–Trinajstić information content (AvgIpc) is 2.33. The van der Waals surface area contributed by atoms with Gasteiger partial charge in [-0.25, -0.2) is 13.1 Å². The molecule has 0 radical (unpaired) electrons. The Kier molecular flexibility index (Phi) is 5.19. The average molecular weight is 303 g/mol. The smallest absolute Gasteiger partial charge is 0.243 e. The second-order valence-corrected chi connectivity index (χ2v) is 7.06. The highest BCUT2D eigenvalue weighted by atomic mass is 35.5. The molecule has 0 saturated heterocycles. The van der Waals surface area contributed by atoms with Crippen molar-refractivity contribution in [1.29, 1.82) is 0 Å². The van der Waals surface area contributed by atoms with Crippen molar-refractivity contribution < 1.29 is 8.42 Å². The van der Waals surface area contributed by atoms with Crippen molar-refractivity contribution in [2.75, 3.05) is 0 Å². The first-order valence-corrected chi connectivity index (χ1v) is 8.57. The minimum absolute atomic E-state index is 0.0153. The van der Waals surface area contributed by atoms with Gasteiger partial charge in [-0.1, -0.05) is 43.7 Å². The van der Waals surface area contributed by atoms with Gasteiger partial charge in [0.05, 0.1) is 5.02 Å². The Morgan fingerprint density at radius 3 is 2.42 bits per heavy atom. The van der Waals surface area contributed by atoms with Crippen molar-refractivity contribution in [2.45, 2.75) is 55.9 Å². The van der Waals surface area contributed by atoms with Gasteiger partial charge in [0.1, 0.15) is 4.90 Å². The normalized spacial score (nSPS) is 18.8. The van der Waals surface area contributed by atoms with Crippen molar-refractivity contribution in [2.24, 2.45) is 0 Å². The SMILES string of the molecule is O=S(=O)(NC1CCCCCCC1)c1cnccc1Cl. The van der Waals surface area contributed by atoms with E-state index in [0.717, 1.165) is 25.7 Å². The van der Waals surface area contributed by atoms with Crippen LogP contribution in [0.25, 0.3) is 0 Å². The zero-order valence-electron chi connectivity index (χ0n) is 10.8. The van der Waals surface area contributed by atoms with E-state index in [-0.39, 0.29) is 16.0 Å². The molecule has 0 spiro atoms. The van der Waals surface area contributed by atoms with Crippen LogP contribution >= 0.6 is 11.6 Å². The van der Waals surface area contributed by atoms with Gasteiger partial charge in [-0.15, -0.1) is 0 Å². The Labute approximate surface area is 119 Å². The number of nitrogens with zero attached hydrogens (tertiary/aromatic N) is 1. The van der Waals surface area contributed by atoms with Crippen LogP contribution in [0, 0.1) is 0 Å². The summed E-state index contributed by atoms with van der Waals surface area (Å²) in [5, 5.41) is 0.216. The maximum Gasteiger partial charge on any atom is 0.243 e. The minimum atomic E-state index is -3.56. The molecule has 0 atom stereocenters. The topological polar surface area (TPSA) is 59.1 Å². The summed E-state index contributed by atoms with van der Waals surface area (Å²) in [6.07, 6.45) is 10.4. The molecule has 0 aliphatic heterocycles. The predicted molar refractivity (Wildman–Crippen MR) is 75.7 cm³/mol. The molecule has 106 valence electrons. The van der Waals surface area contributed by atoms with E-state index in [1.165, 1.54) is 37.7 Å². The highest BCUT2D eigenvalue weighted by Gasteiger charge is 2.22. The third kappa shape index (κ3) is 4.16. The number of pyridine rings is 1. The van der Waals surface area contributed by atoms with Gasteiger partial charge in [-0.3, -0.25) is 4.98 Å². The van der Waals surface area contributed by atoms with E-state index in [1.54, 1.807) is 0 Å². The first-order valence-electron chi connectivity index (χ1n) is 6.71. The van der Waals surface area contributed by atoms with Gasteiger partial charge >= 0.3 is 0 Å². The monoisotopic (exact) mass is 302 g/mol. The number of halogens is 1. The van der Waals surface area contributed by atoms with Gasteiger partial charge in [0, 0.05) is 18.4 Å². The fraction of sp³-hybridized carbons (Fsp3) is 0.615. The van der Waals surface area contributed by atoms with E-state index >= 15 is 0 Å². The first kappa shape index (κ1) is 14.8. The summed E-state index contributed by atoms with van der Waals surface area (Å²) >= 11 is 5.93. The molecule has 0 aromatic carbocycles. The van der Waals surface area contributed by atoms with Crippen molar-refractivity contribution in [1.82, 2.24) is 9.71 Å². The van der Waals surface area contributed by atoms with E-state index in [2.05, 4.69) is 9.71 Å². The summed E-state index contributed by atoms with van der Waals surface area (Å²) in [6.45, 7) is 0. The third-order valence-electron chi connectivity index (χ3n) is 3.45. The molecular weight excluding hydrogens is 284 g/mol. The molecular formula is C13H19ClN2O2S. The molecule has 1 N–H and O–H groups in total. The van der Waals surface area contributed by atoms with Crippen LogP contribution in [0.15, 0.2) is 23.4 Å². The maximum atomic E-state index is 12.3. The molecule has 1 saturated carbocycles. The van der Waals surface area contributed by atoms with Crippen LogP contribution in [0.2, 0.25) is 5.02 Å². The molecule has 6 heteroatoms. The molecule has 1 aliphatic carbocycles. The van der Waals surface area contributed by atoms with Crippen LogP contribution in [0.1, 0.15) is 44.9 Å². The van der Waals surface area contributed by atoms with E-state index in [1.807, 2.05) is 0 Å². The molecule has 1 aromatic rings. The summed E-state index contributed by atoms with van der Waals surface area (Å²) in [6, 6.07) is 1.51. The molecule has 4 nitrogen and oxygen atoms in total. The van der Waals surface area contributed by atoms with Crippen LogP contribution in [0.5, 0.6) is 0 Å². The lowest BCUT2D eigenvalue weighted by atomic mass is 9.97. The lowest BCUT2D eigenvalue weighted by Gasteiger charge is -2.21. The second kappa shape index (κ2) is 6.68. The minimum Gasteiger partial charge on any atom is -0.263 e. The largest absolute Gasteiger partial charge is 0.263 e. The fourth-order valence-electron chi connectivity index (χ4n) is 2.42. The number of aromatic nitrogens is 1. The predicted octanol–water partition coefficient (Wildman–Crippen LogP) is 3.13. The van der Waals surface area contributed by atoms with Gasteiger partial charge in [-0.2, -0.15) is 0 Å². The summed E-state index contributed by atoms with van der Waals surface area (Å²) in [7, 11) is -3.56. The van der Waals surface area contributed by atoms with Crippen molar-refractivity contribution >= 4 is 21.6 Å². The van der Waals surface area contributed by atoms with Gasteiger partial charge in [-0.05, 0) is 18.9 Å². The van der Waals surface area contributed by atoms with Crippen molar-refractivity contribution in [3.05, 3.63) is 23.5 Å². The van der Waals surface area contributed by atoms with E-state index < -0.39 is 10.0 Å². The molecule has 1 fully saturated rings. The first-order chi connectivity index (χ1) is 9.09. The van der Waals surface area contributed by atoms with Crippen LogP contribution in [-0.4, -0.2) is 19.4 Å². The number of sulfonamides is 1. The van der Waals surface area contributed by atoms with E-state index in [0.29, 0.717) is 0 Å². The van der Waals surface area contributed by atoms with Gasteiger partial charge in [0.2, 0.25) is 10.0 Å². The molecule has 1 aromatic heterocycles. The zero-order chi connectivity index (χ0) is 13.7. The second-order valence-electron chi connectivity index (χ2n) is 4.97. The van der Waals surface area contributed by atoms with E-state index in [9.17, 15) is 8.42 Å². The van der Waals surface area contributed by atoms with Crippen molar-refractivity contribution in [3.63, 3.8) is 0 Å². The molecule has 0 unspecified atom stereocenters. The molecule has 1 heterocycles. The van der Waals surface area contributed by atoms with Crippen LogP contribution in [0.3, 0.4) is 0 Å². The fourth-order valence-corrected chi connectivity index (χ4v) is 4.15. The van der Waals surface area contributed by atoms with Crippen LogP contribution in [-0.2, 0) is 10.0 Å². The molecule has 0 amide bonds. The van der Waals surface area contributed by atoms with Gasteiger partial charge in [0.25, 0.3) is 0 Å². The van der Waals surface area contributed by atoms with Gasteiger partial charge in [0.15, 0.2) is 0 Å². The Bertz CT molecular complexity index is 511.